The fraction of sp³-hybridized carbons (Fsp3) is 0.500. The van der Waals surface area contributed by atoms with Crippen molar-refractivity contribution in [3.05, 3.63) is 24.0 Å². The van der Waals surface area contributed by atoms with Crippen LogP contribution < -0.4 is 10.1 Å². The average molecular weight is 305 g/mol. The Kier molecular flexibility index (Phi) is 4.59. The summed E-state index contributed by atoms with van der Waals surface area (Å²) in [7, 11) is 3.60. The van der Waals surface area contributed by atoms with Crippen molar-refractivity contribution in [1.29, 1.82) is 0 Å². The SMILES string of the molecule is COc1ccc2c(c1)nc(CCNC(=O)OC(C)(C)C)n2C. The van der Waals surface area contributed by atoms with Crippen LogP contribution in [0, 0.1) is 0 Å². The summed E-state index contributed by atoms with van der Waals surface area (Å²) in [6.45, 7) is 5.99. The van der Waals surface area contributed by atoms with Gasteiger partial charge in [-0.25, -0.2) is 9.78 Å². The van der Waals surface area contributed by atoms with Crippen LogP contribution in [0.25, 0.3) is 11.0 Å². The second-order valence-corrected chi connectivity index (χ2v) is 6.12. The van der Waals surface area contributed by atoms with Gasteiger partial charge >= 0.3 is 6.09 Å². The molecule has 120 valence electrons. The van der Waals surface area contributed by atoms with Gasteiger partial charge in [0.1, 0.15) is 17.2 Å². The molecule has 6 heteroatoms. The van der Waals surface area contributed by atoms with Crippen LogP contribution in [-0.4, -0.2) is 34.9 Å². The standard InChI is InChI=1S/C16H23N3O3/c1-16(2,3)22-15(20)17-9-8-14-18-12-10-11(21-5)6-7-13(12)19(14)4/h6-7,10H,8-9H2,1-5H3,(H,17,20). The lowest BCUT2D eigenvalue weighted by atomic mass is 10.2. The molecule has 0 bridgehead atoms. The molecule has 0 atom stereocenters. The number of carbonyl (C=O) groups is 1. The molecule has 0 radical (unpaired) electrons. The number of aryl methyl sites for hydroxylation is 1. The van der Waals surface area contributed by atoms with Crippen LogP contribution in [0.4, 0.5) is 4.79 Å². The third-order valence-corrected chi connectivity index (χ3v) is 3.20. The molecule has 2 rings (SSSR count). The predicted molar refractivity (Wildman–Crippen MR) is 85.2 cm³/mol. The number of carbonyl (C=O) groups excluding carboxylic acids is 1. The zero-order valence-corrected chi connectivity index (χ0v) is 13.8. The summed E-state index contributed by atoms with van der Waals surface area (Å²) in [6, 6.07) is 5.79. The quantitative estimate of drug-likeness (QED) is 0.943. The van der Waals surface area contributed by atoms with E-state index in [2.05, 4.69) is 10.3 Å². The van der Waals surface area contributed by atoms with E-state index in [1.54, 1.807) is 7.11 Å². The van der Waals surface area contributed by atoms with Gasteiger partial charge in [0.05, 0.1) is 18.1 Å². The van der Waals surface area contributed by atoms with Crippen molar-refractivity contribution in [3.8, 4) is 5.75 Å². The van der Waals surface area contributed by atoms with Crippen molar-refractivity contribution in [3.63, 3.8) is 0 Å². The van der Waals surface area contributed by atoms with Gasteiger partial charge < -0.3 is 19.4 Å². The highest BCUT2D eigenvalue weighted by Crippen LogP contribution is 2.21. The number of aromatic nitrogens is 2. The normalized spacial score (nSPS) is 11.5. The first-order valence-corrected chi connectivity index (χ1v) is 7.26. The first-order chi connectivity index (χ1) is 10.3. The van der Waals surface area contributed by atoms with E-state index in [1.807, 2.05) is 50.6 Å². The first kappa shape index (κ1) is 16.1. The van der Waals surface area contributed by atoms with Crippen molar-refractivity contribution in [2.45, 2.75) is 32.8 Å². The Morgan fingerprint density at radius 1 is 1.36 bits per heavy atom. The summed E-state index contributed by atoms with van der Waals surface area (Å²) in [4.78, 5) is 16.2. The molecular formula is C16H23N3O3. The molecule has 0 aliphatic rings. The highest BCUT2D eigenvalue weighted by atomic mass is 16.6. The number of fused-ring (bicyclic) bond motifs is 1. The van der Waals surface area contributed by atoms with Crippen LogP contribution in [0.2, 0.25) is 0 Å². The Balaban J connectivity index is 2.00. The van der Waals surface area contributed by atoms with Crippen LogP contribution in [0.3, 0.4) is 0 Å². The van der Waals surface area contributed by atoms with E-state index in [4.69, 9.17) is 9.47 Å². The Morgan fingerprint density at radius 2 is 2.09 bits per heavy atom. The van der Waals surface area contributed by atoms with Gasteiger partial charge in [0.25, 0.3) is 0 Å². The first-order valence-electron chi connectivity index (χ1n) is 7.26. The molecule has 1 aromatic heterocycles. The molecule has 0 spiro atoms. The van der Waals surface area contributed by atoms with Crippen LogP contribution in [0.1, 0.15) is 26.6 Å². The lowest BCUT2D eigenvalue weighted by molar-refractivity contribution is 0.0528. The second-order valence-electron chi connectivity index (χ2n) is 6.12. The maximum atomic E-state index is 11.6. The molecule has 1 amide bonds. The van der Waals surface area contributed by atoms with Gasteiger partial charge in [0, 0.05) is 26.1 Å². The fourth-order valence-electron chi connectivity index (χ4n) is 2.17. The summed E-state index contributed by atoms with van der Waals surface area (Å²) >= 11 is 0. The topological polar surface area (TPSA) is 65.4 Å². The van der Waals surface area contributed by atoms with Crippen LogP contribution >= 0.6 is 0 Å². The summed E-state index contributed by atoms with van der Waals surface area (Å²) < 4.78 is 12.4. The van der Waals surface area contributed by atoms with Gasteiger partial charge in [-0.3, -0.25) is 0 Å². The minimum Gasteiger partial charge on any atom is -0.497 e. The molecule has 0 aliphatic carbocycles. The van der Waals surface area contributed by atoms with Crippen molar-refractivity contribution >= 4 is 17.1 Å². The molecule has 2 aromatic rings. The molecular weight excluding hydrogens is 282 g/mol. The zero-order valence-electron chi connectivity index (χ0n) is 13.8. The Bertz CT molecular complexity index is 671. The molecule has 0 unspecified atom stereocenters. The minimum absolute atomic E-state index is 0.409. The van der Waals surface area contributed by atoms with Crippen LogP contribution in [0.15, 0.2) is 18.2 Å². The van der Waals surface area contributed by atoms with Gasteiger partial charge in [0.15, 0.2) is 0 Å². The summed E-state index contributed by atoms with van der Waals surface area (Å²) in [5.41, 5.74) is 1.43. The van der Waals surface area contributed by atoms with E-state index < -0.39 is 11.7 Å². The molecule has 6 nitrogen and oxygen atoms in total. The molecule has 1 N–H and O–H groups in total. The maximum absolute atomic E-state index is 11.6. The second kappa shape index (κ2) is 6.25. The molecule has 0 aliphatic heterocycles. The van der Waals surface area contributed by atoms with Crippen molar-refractivity contribution in [2.75, 3.05) is 13.7 Å². The average Bonchev–Trinajstić information content (AvgIpc) is 2.73. The number of hydrogen-bond donors (Lipinski definition) is 1. The lowest BCUT2D eigenvalue weighted by Gasteiger charge is -2.19. The zero-order chi connectivity index (χ0) is 16.3. The number of ether oxygens (including phenoxy) is 2. The van der Waals surface area contributed by atoms with Gasteiger partial charge in [-0.05, 0) is 32.9 Å². The number of methoxy groups -OCH3 is 1. The highest BCUT2D eigenvalue weighted by molar-refractivity contribution is 5.77. The van der Waals surface area contributed by atoms with E-state index in [9.17, 15) is 4.79 Å². The third kappa shape index (κ3) is 3.90. The predicted octanol–water partition coefficient (Wildman–Crippen LogP) is 2.65. The molecule has 22 heavy (non-hydrogen) atoms. The maximum Gasteiger partial charge on any atom is 0.407 e. The lowest BCUT2D eigenvalue weighted by Crippen LogP contribution is -2.33. The van der Waals surface area contributed by atoms with E-state index in [0.29, 0.717) is 13.0 Å². The van der Waals surface area contributed by atoms with Crippen molar-refractivity contribution < 1.29 is 14.3 Å². The number of imidazole rings is 1. The van der Waals surface area contributed by atoms with E-state index in [-0.39, 0.29) is 0 Å². The molecule has 1 aromatic carbocycles. The number of hydrogen-bond acceptors (Lipinski definition) is 4. The Morgan fingerprint density at radius 3 is 2.73 bits per heavy atom. The van der Waals surface area contributed by atoms with Crippen molar-refractivity contribution in [1.82, 2.24) is 14.9 Å². The number of nitrogens with zero attached hydrogens (tertiary/aromatic N) is 2. The molecule has 0 fully saturated rings. The third-order valence-electron chi connectivity index (χ3n) is 3.20. The number of benzene rings is 1. The van der Waals surface area contributed by atoms with Gasteiger partial charge in [-0.2, -0.15) is 0 Å². The number of rotatable bonds is 4. The number of nitrogens with one attached hydrogen (secondary N) is 1. The molecule has 1 heterocycles. The summed E-state index contributed by atoms with van der Waals surface area (Å²) in [5, 5.41) is 2.74. The minimum atomic E-state index is -0.488. The monoisotopic (exact) mass is 305 g/mol. The fourth-order valence-corrected chi connectivity index (χ4v) is 2.17. The van der Waals surface area contributed by atoms with E-state index in [1.165, 1.54) is 0 Å². The van der Waals surface area contributed by atoms with Gasteiger partial charge in [-0.1, -0.05) is 0 Å². The summed E-state index contributed by atoms with van der Waals surface area (Å²) in [6.07, 6.45) is 0.222. The number of alkyl carbamates (subject to hydrolysis) is 1. The van der Waals surface area contributed by atoms with Gasteiger partial charge in [-0.15, -0.1) is 0 Å². The van der Waals surface area contributed by atoms with E-state index >= 15 is 0 Å². The highest BCUT2D eigenvalue weighted by Gasteiger charge is 2.16. The number of amides is 1. The smallest absolute Gasteiger partial charge is 0.407 e. The van der Waals surface area contributed by atoms with Gasteiger partial charge in [0.2, 0.25) is 0 Å². The molecule has 0 saturated heterocycles. The largest absolute Gasteiger partial charge is 0.497 e. The van der Waals surface area contributed by atoms with Crippen LogP contribution in [-0.2, 0) is 18.2 Å². The van der Waals surface area contributed by atoms with Crippen LogP contribution in [0.5, 0.6) is 5.75 Å². The van der Waals surface area contributed by atoms with E-state index in [0.717, 1.165) is 22.6 Å². The summed E-state index contributed by atoms with van der Waals surface area (Å²) in [5.74, 6) is 1.68. The Labute approximate surface area is 130 Å². The molecule has 0 saturated carbocycles. The van der Waals surface area contributed by atoms with Crippen molar-refractivity contribution in [2.24, 2.45) is 7.05 Å². The Hall–Kier alpha value is -2.24.